The van der Waals surface area contributed by atoms with E-state index < -0.39 is 0 Å². The number of hydrogen-bond donors (Lipinski definition) is 0. The van der Waals surface area contributed by atoms with Crippen molar-refractivity contribution in [3.05, 3.63) is 40.3 Å². The largest absolute Gasteiger partial charge is 0.302 e. The van der Waals surface area contributed by atoms with Crippen molar-refractivity contribution in [3.63, 3.8) is 0 Å². The van der Waals surface area contributed by atoms with Crippen LogP contribution in [0.1, 0.15) is 102 Å². The van der Waals surface area contributed by atoms with E-state index in [-0.39, 0.29) is 23.1 Å². The Morgan fingerprint density at radius 3 is 2.17 bits per heavy atom. The van der Waals surface area contributed by atoms with Crippen molar-refractivity contribution in [1.29, 1.82) is 0 Å². The summed E-state index contributed by atoms with van der Waals surface area (Å²) in [7, 11) is 0. The number of hydrogen-bond acceptors (Lipinski definition) is 4. The summed E-state index contributed by atoms with van der Waals surface area (Å²) >= 11 is 0. The molecule has 3 heterocycles. The van der Waals surface area contributed by atoms with E-state index >= 15 is 0 Å². The molecule has 1 aromatic heterocycles. The monoisotopic (exact) mass is 475 g/mol. The Morgan fingerprint density at radius 1 is 0.886 bits per heavy atom. The van der Waals surface area contributed by atoms with Gasteiger partial charge in [0.05, 0.1) is 11.0 Å². The highest BCUT2D eigenvalue weighted by molar-refractivity contribution is 5.93. The minimum absolute atomic E-state index is 0.0936. The van der Waals surface area contributed by atoms with E-state index in [2.05, 4.69) is 23.7 Å². The second-order valence-electron chi connectivity index (χ2n) is 12.6. The highest BCUT2D eigenvalue weighted by atomic mass is 16.1. The van der Waals surface area contributed by atoms with Crippen molar-refractivity contribution >= 4 is 16.8 Å². The fourth-order valence-electron chi connectivity index (χ4n) is 8.60. The number of carbonyl (C=O) groups excluding carboxylic acids is 1. The van der Waals surface area contributed by atoms with Crippen LogP contribution in [0.25, 0.3) is 11.0 Å². The van der Waals surface area contributed by atoms with E-state index in [1.54, 1.807) is 0 Å². The molecule has 5 nitrogen and oxygen atoms in total. The first-order valence-electron chi connectivity index (χ1n) is 14.2. The van der Waals surface area contributed by atoms with Crippen LogP contribution in [0.3, 0.4) is 0 Å². The van der Waals surface area contributed by atoms with Gasteiger partial charge < -0.3 is 4.57 Å². The third-order valence-corrected chi connectivity index (χ3v) is 10.0. The standard InChI is InChI=1S/C30H41N3O2/c1-18(2)22-12-20-11-21(13-22)15-25(14-20)32-23-7-6-8-24(32)17-26(16-23)33-28-10-5-4-9-27(28)31-29(19(3)34)30(33)35/h4-5,9-10,18,20-26H,6-8,11-17H2,1-3H3/t20-,21+,22?,23-,24+,25?,26?. The number of ketones is 1. The molecule has 0 spiro atoms. The van der Waals surface area contributed by atoms with Crippen molar-refractivity contribution in [2.45, 2.75) is 109 Å². The molecule has 35 heavy (non-hydrogen) atoms. The lowest BCUT2D eigenvalue weighted by molar-refractivity contribution is -0.0554. The number of piperidine rings is 2. The summed E-state index contributed by atoms with van der Waals surface area (Å²) in [6, 6.07) is 9.83. The van der Waals surface area contributed by atoms with Gasteiger partial charge in [0.1, 0.15) is 0 Å². The molecule has 1 aromatic carbocycles. The van der Waals surface area contributed by atoms with Crippen LogP contribution in [-0.2, 0) is 0 Å². The third-order valence-electron chi connectivity index (χ3n) is 10.0. The van der Waals surface area contributed by atoms with Gasteiger partial charge >= 0.3 is 0 Å². The molecule has 2 aliphatic carbocycles. The zero-order valence-electron chi connectivity index (χ0n) is 21.7. The number of fused-ring (bicyclic) bond motifs is 5. The van der Waals surface area contributed by atoms with Crippen LogP contribution in [-0.4, -0.2) is 38.4 Å². The van der Waals surface area contributed by atoms with E-state index in [1.807, 2.05) is 28.8 Å². The molecule has 3 unspecified atom stereocenters. The van der Waals surface area contributed by atoms with Crippen LogP contribution >= 0.6 is 0 Å². The Kier molecular flexibility index (Phi) is 6.11. The van der Waals surface area contributed by atoms with Crippen LogP contribution < -0.4 is 5.56 Å². The maximum atomic E-state index is 13.5. The molecule has 6 rings (SSSR count). The van der Waals surface area contributed by atoms with E-state index in [9.17, 15) is 9.59 Å². The summed E-state index contributed by atoms with van der Waals surface area (Å²) in [6.45, 7) is 6.30. The first-order valence-corrected chi connectivity index (χ1v) is 14.2. The van der Waals surface area contributed by atoms with Gasteiger partial charge in [0, 0.05) is 31.1 Å². The Bertz CT molecular complexity index is 1140. The van der Waals surface area contributed by atoms with Gasteiger partial charge in [0.2, 0.25) is 0 Å². The van der Waals surface area contributed by atoms with E-state index in [4.69, 9.17) is 0 Å². The minimum Gasteiger partial charge on any atom is -0.302 e. The number of benzene rings is 1. The van der Waals surface area contributed by atoms with Gasteiger partial charge in [0.15, 0.2) is 11.5 Å². The van der Waals surface area contributed by atoms with Crippen molar-refractivity contribution < 1.29 is 4.79 Å². The van der Waals surface area contributed by atoms with Crippen LogP contribution in [0.4, 0.5) is 0 Å². The number of nitrogens with zero attached hydrogens (tertiary/aromatic N) is 3. The van der Waals surface area contributed by atoms with Crippen molar-refractivity contribution in [1.82, 2.24) is 14.5 Å². The summed E-state index contributed by atoms with van der Waals surface area (Å²) in [5.74, 6) is 3.32. The second kappa shape index (κ2) is 9.14. The maximum Gasteiger partial charge on any atom is 0.280 e. The van der Waals surface area contributed by atoms with E-state index in [1.165, 1.54) is 58.3 Å². The van der Waals surface area contributed by atoms with Crippen LogP contribution in [0.2, 0.25) is 0 Å². The van der Waals surface area contributed by atoms with Crippen LogP contribution in [0.15, 0.2) is 29.1 Å². The molecule has 188 valence electrons. The Hall–Kier alpha value is -2.01. The SMILES string of the molecule is CC(=O)c1nc2ccccc2n(C2C[C@H]3CCC[C@@H](C2)N3C2C[C@H]3CC(C(C)C)C[C@@H](C2)C3)c1=O. The van der Waals surface area contributed by atoms with Gasteiger partial charge in [-0.3, -0.25) is 14.5 Å². The molecule has 2 aliphatic heterocycles. The summed E-state index contributed by atoms with van der Waals surface area (Å²) in [6.07, 6.45) is 12.9. The number of rotatable bonds is 4. The lowest BCUT2D eigenvalue weighted by Crippen LogP contribution is -2.59. The van der Waals surface area contributed by atoms with Gasteiger partial charge in [-0.25, -0.2) is 4.98 Å². The van der Waals surface area contributed by atoms with Crippen molar-refractivity contribution in [3.8, 4) is 0 Å². The Labute approximate surface area is 209 Å². The van der Waals surface area contributed by atoms with Gasteiger partial charge in [-0.15, -0.1) is 0 Å². The molecule has 0 N–H and O–H groups in total. The molecule has 4 bridgehead atoms. The second-order valence-corrected chi connectivity index (χ2v) is 12.6. The fourth-order valence-corrected chi connectivity index (χ4v) is 8.60. The van der Waals surface area contributed by atoms with Crippen LogP contribution in [0.5, 0.6) is 0 Å². The van der Waals surface area contributed by atoms with Crippen LogP contribution in [0, 0.1) is 23.7 Å². The number of Topliss-reactive ketones (excluding diaryl/α,β-unsaturated/α-hetero) is 1. The summed E-state index contributed by atoms with van der Waals surface area (Å²) in [4.78, 5) is 33.2. The molecule has 2 saturated heterocycles. The highest BCUT2D eigenvalue weighted by Gasteiger charge is 2.46. The lowest BCUT2D eigenvalue weighted by atomic mass is 9.63. The topological polar surface area (TPSA) is 55.2 Å². The Balaban J connectivity index is 1.29. The quantitative estimate of drug-likeness (QED) is 0.508. The summed E-state index contributed by atoms with van der Waals surface area (Å²) in [5.41, 5.74) is 1.53. The smallest absolute Gasteiger partial charge is 0.280 e. The lowest BCUT2D eigenvalue weighted by Gasteiger charge is -2.56. The average Bonchev–Trinajstić information content (AvgIpc) is 2.82. The van der Waals surface area contributed by atoms with Gasteiger partial charge in [0.25, 0.3) is 5.56 Å². The molecule has 4 fully saturated rings. The molecular formula is C30H41N3O2. The van der Waals surface area contributed by atoms with Crippen molar-refractivity contribution in [2.75, 3.05) is 0 Å². The number of carbonyl (C=O) groups is 1. The Morgan fingerprint density at radius 2 is 1.54 bits per heavy atom. The third kappa shape index (κ3) is 4.18. The van der Waals surface area contributed by atoms with E-state index in [0.29, 0.717) is 12.1 Å². The molecule has 4 aliphatic rings. The first-order chi connectivity index (χ1) is 16.9. The molecule has 7 atom stereocenters. The number of aromatic nitrogens is 2. The summed E-state index contributed by atoms with van der Waals surface area (Å²) in [5, 5.41) is 0. The zero-order valence-corrected chi connectivity index (χ0v) is 21.7. The number of para-hydroxylation sites is 2. The maximum absolute atomic E-state index is 13.5. The van der Waals surface area contributed by atoms with Gasteiger partial charge in [-0.05, 0) is 93.6 Å². The zero-order chi connectivity index (χ0) is 24.3. The van der Waals surface area contributed by atoms with Gasteiger partial charge in [-0.1, -0.05) is 32.4 Å². The molecule has 0 amide bonds. The van der Waals surface area contributed by atoms with Gasteiger partial charge in [-0.2, -0.15) is 0 Å². The normalized spacial score (nSPS) is 35.4. The first kappa shape index (κ1) is 23.4. The summed E-state index contributed by atoms with van der Waals surface area (Å²) < 4.78 is 1.95. The minimum atomic E-state index is -0.236. The molecule has 5 heteroatoms. The molecule has 0 radical (unpaired) electrons. The fraction of sp³-hybridized carbons (Fsp3) is 0.700. The molecule has 2 aromatic rings. The molecule has 2 saturated carbocycles. The van der Waals surface area contributed by atoms with Crippen molar-refractivity contribution in [2.24, 2.45) is 23.7 Å². The predicted octanol–water partition coefficient (Wildman–Crippen LogP) is 6.01. The van der Waals surface area contributed by atoms with E-state index in [0.717, 1.165) is 53.6 Å². The highest BCUT2D eigenvalue weighted by Crippen LogP contribution is 2.49. The average molecular weight is 476 g/mol. The molecular weight excluding hydrogens is 434 g/mol. The predicted molar refractivity (Wildman–Crippen MR) is 140 cm³/mol.